The highest BCUT2D eigenvalue weighted by atomic mass is 16.5. The maximum atomic E-state index is 12.3. The van der Waals surface area contributed by atoms with Gasteiger partial charge in [0.25, 0.3) is 5.91 Å². The molecule has 0 unspecified atom stereocenters. The largest absolute Gasteiger partial charge is 0.490 e. The molecular formula is C17H25NO4. The van der Waals surface area contributed by atoms with Gasteiger partial charge in [-0.2, -0.15) is 0 Å². The second-order valence-electron chi connectivity index (χ2n) is 5.64. The van der Waals surface area contributed by atoms with E-state index in [1.54, 1.807) is 18.2 Å². The average Bonchev–Trinajstić information content (AvgIpc) is 2.94. The molecular weight excluding hydrogens is 282 g/mol. The SMILES string of the molecule is CCOc1ccc(C(=O)NCC2(O)CCCC2)cc1OCC. The third kappa shape index (κ3) is 4.13. The van der Waals surface area contributed by atoms with E-state index in [4.69, 9.17) is 9.47 Å². The Bertz CT molecular complexity index is 509. The summed E-state index contributed by atoms with van der Waals surface area (Å²) < 4.78 is 11.0. The van der Waals surface area contributed by atoms with Crippen molar-refractivity contribution in [2.45, 2.75) is 45.1 Å². The minimum atomic E-state index is -0.746. The number of carbonyl (C=O) groups is 1. The van der Waals surface area contributed by atoms with Crippen LogP contribution in [-0.4, -0.2) is 36.4 Å². The molecule has 0 radical (unpaired) electrons. The fourth-order valence-electron chi connectivity index (χ4n) is 2.75. The van der Waals surface area contributed by atoms with Gasteiger partial charge in [-0.25, -0.2) is 0 Å². The molecule has 0 saturated heterocycles. The minimum absolute atomic E-state index is 0.204. The van der Waals surface area contributed by atoms with E-state index in [2.05, 4.69) is 5.32 Å². The zero-order chi connectivity index (χ0) is 16.0. The lowest BCUT2D eigenvalue weighted by atomic mass is 10.0. The Morgan fingerprint density at radius 3 is 2.45 bits per heavy atom. The normalized spacial score (nSPS) is 16.3. The Morgan fingerprint density at radius 1 is 1.18 bits per heavy atom. The molecule has 5 nitrogen and oxygen atoms in total. The first-order valence-corrected chi connectivity index (χ1v) is 7.98. The van der Waals surface area contributed by atoms with Crippen LogP contribution in [0, 0.1) is 0 Å². The van der Waals surface area contributed by atoms with Gasteiger partial charge in [-0.15, -0.1) is 0 Å². The van der Waals surface area contributed by atoms with Crippen molar-refractivity contribution < 1.29 is 19.4 Å². The second kappa shape index (κ2) is 7.49. The summed E-state index contributed by atoms with van der Waals surface area (Å²) in [4.78, 5) is 12.3. The van der Waals surface area contributed by atoms with Crippen molar-refractivity contribution in [1.82, 2.24) is 5.32 Å². The standard InChI is InChI=1S/C17H25NO4/c1-3-21-14-8-7-13(11-15(14)22-4-2)16(19)18-12-17(20)9-5-6-10-17/h7-8,11,20H,3-6,9-10,12H2,1-2H3,(H,18,19). The van der Waals surface area contributed by atoms with Gasteiger partial charge >= 0.3 is 0 Å². The molecule has 122 valence electrons. The van der Waals surface area contributed by atoms with Crippen LogP contribution in [0.4, 0.5) is 0 Å². The van der Waals surface area contributed by atoms with Crippen LogP contribution in [0.1, 0.15) is 49.9 Å². The Labute approximate surface area is 131 Å². The molecule has 1 aromatic carbocycles. The minimum Gasteiger partial charge on any atom is -0.490 e. The van der Waals surface area contributed by atoms with Gasteiger partial charge in [0.1, 0.15) is 0 Å². The van der Waals surface area contributed by atoms with Crippen LogP contribution < -0.4 is 14.8 Å². The van der Waals surface area contributed by atoms with Gasteiger partial charge in [0.05, 0.1) is 18.8 Å². The summed E-state index contributed by atoms with van der Waals surface area (Å²) in [5, 5.41) is 13.1. The van der Waals surface area contributed by atoms with Crippen LogP contribution in [0.15, 0.2) is 18.2 Å². The highest BCUT2D eigenvalue weighted by Gasteiger charge is 2.31. The predicted molar refractivity (Wildman–Crippen MR) is 84.5 cm³/mol. The lowest BCUT2D eigenvalue weighted by molar-refractivity contribution is 0.0449. The topological polar surface area (TPSA) is 67.8 Å². The summed E-state index contributed by atoms with van der Waals surface area (Å²) in [6.45, 7) is 5.13. The van der Waals surface area contributed by atoms with Gasteiger partial charge in [-0.3, -0.25) is 4.79 Å². The number of hydrogen-bond donors (Lipinski definition) is 2. The number of benzene rings is 1. The number of rotatable bonds is 7. The lowest BCUT2D eigenvalue weighted by Crippen LogP contribution is -2.40. The number of carbonyl (C=O) groups excluding carboxylic acids is 1. The predicted octanol–water partition coefficient (Wildman–Crippen LogP) is 2.52. The van der Waals surface area contributed by atoms with Crippen molar-refractivity contribution in [1.29, 1.82) is 0 Å². The van der Waals surface area contributed by atoms with Gasteiger partial charge < -0.3 is 19.9 Å². The zero-order valence-electron chi connectivity index (χ0n) is 13.4. The Balaban J connectivity index is 2.03. The van der Waals surface area contributed by atoms with Crippen molar-refractivity contribution in [2.75, 3.05) is 19.8 Å². The van der Waals surface area contributed by atoms with E-state index in [1.807, 2.05) is 13.8 Å². The lowest BCUT2D eigenvalue weighted by Gasteiger charge is -2.22. The number of nitrogens with one attached hydrogen (secondary N) is 1. The van der Waals surface area contributed by atoms with Gasteiger partial charge in [-0.05, 0) is 44.9 Å². The monoisotopic (exact) mass is 307 g/mol. The van der Waals surface area contributed by atoms with Crippen molar-refractivity contribution in [2.24, 2.45) is 0 Å². The van der Waals surface area contributed by atoms with E-state index < -0.39 is 5.60 Å². The first-order chi connectivity index (χ1) is 10.6. The van der Waals surface area contributed by atoms with Crippen molar-refractivity contribution in [3.63, 3.8) is 0 Å². The molecule has 0 aliphatic heterocycles. The van der Waals surface area contributed by atoms with Gasteiger partial charge in [-0.1, -0.05) is 12.8 Å². The first kappa shape index (κ1) is 16.6. The maximum Gasteiger partial charge on any atom is 0.251 e. The summed E-state index contributed by atoms with van der Waals surface area (Å²) >= 11 is 0. The molecule has 0 bridgehead atoms. The van der Waals surface area contributed by atoms with E-state index in [0.29, 0.717) is 36.8 Å². The van der Waals surface area contributed by atoms with E-state index >= 15 is 0 Å². The van der Waals surface area contributed by atoms with Gasteiger partial charge in [0, 0.05) is 12.1 Å². The highest BCUT2D eigenvalue weighted by molar-refractivity contribution is 5.94. The Kier molecular flexibility index (Phi) is 5.66. The zero-order valence-corrected chi connectivity index (χ0v) is 13.4. The third-order valence-corrected chi connectivity index (χ3v) is 3.92. The van der Waals surface area contributed by atoms with E-state index in [1.165, 1.54) is 0 Å². The summed E-state index contributed by atoms with van der Waals surface area (Å²) in [7, 11) is 0. The smallest absolute Gasteiger partial charge is 0.251 e. The Morgan fingerprint density at radius 2 is 1.82 bits per heavy atom. The summed E-state index contributed by atoms with van der Waals surface area (Å²) in [6, 6.07) is 5.14. The van der Waals surface area contributed by atoms with Crippen LogP contribution in [0.3, 0.4) is 0 Å². The highest BCUT2D eigenvalue weighted by Crippen LogP contribution is 2.30. The van der Waals surface area contributed by atoms with Crippen LogP contribution in [0.2, 0.25) is 0 Å². The van der Waals surface area contributed by atoms with Crippen molar-refractivity contribution in [3.8, 4) is 11.5 Å². The van der Waals surface area contributed by atoms with E-state index in [9.17, 15) is 9.90 Å². The van der Waals surface area contributed by atoms with Crippen LogP contribution in [-0.2, 0) is 0 Å². The fourth-order valence-corrected chi connectivity index (χ4v) is 2.75. The molecule has 1 amide bonds. The molecule has 5 heteroatoms. The number of hydrogen-bond acceptors (Lipinski definition) is 4. The first-order valence-electron chi connectivity index (χ1n) is 7.98. The molecule has 2 rings (SSSR count). The van der Waals surface area contributed by atoms with Gasteiger partial charge in [0.15, 0.2) is 11.5 Å². The Hall–Kier alpha value is -1.75. The summed E-state index contributed by atoms with van der Waals surface area (Å²) in [5.74, 6) is 0.997. The number of aliphatic hydroxyl groups is 1. The van der Waals surface area contributed by atoms with Crippen LogP contribution >= 0.6 is 0 Å². The maximum absolute atomic E-state index is 12.3. The number of ether oxygens (including phenoxy) is 2. The van der Waals surface area contributed by atoms with E-state index in [-0.39, 0.29) is 5.91 Å². The summed E-state index contributed by atoms with van der Waals surface area (Å²) in [5.41, 5.74) is -0.238. The molecule has 2 N–H and O–H groups in total. The fraction of sp³-hybridized carbons (Fsp3) is 0.588. The van der Waals surface area contributed by atoms with Crippen molar-refractivity contribution in [3.05, 3.63) is 23.8 Å². The molecule has 22 heavy (non-hydrogen) atoms. The van der Waals surface area contributed by atoms with Crippen LogP contribution in [0.25, 0.3) is 0 Å². The molecule has 1 fully saturated rings. The van der Waals surface area contributed by atoms with Crippen LogP contribution in [0.5, 0.6) is 11.5 Å². The second-order valence-corrected chi connectivity index (χ2v) is 5.64. The molecule has 0 heterocycles. The molecule has 1 aliphatic carbocycles. The quantitative estimate of drug-likeness (QED) is 0.812. The molecule has 0 spiro atoms. The van der Waals surface area contributed by atoms with E-state index in [0.717, 1.165) is 25.7 Å². The molecule has 1 aromatic rings. The van der Waals surface area contributed by atoms with Crippen molar-refractivity contribution >= 4 is 5.91 Å². The molecule has 1 saturated carbocycles. The molecule has 1 aliphatic rings. The third-order valence-electron chi connectivity index (χ3n) is 3.92. The average molecular weight is 307 g/mol. The molecule has 0 aromatic heterocycles. The van der Waals surface area contributed by atoms with Gasteiger partial charge in [0.2, 0.25) is 0 Å². The number of amides is 1. The summed E-state index contributed by atoms with van der Waals surface area (Å²) in [6.07, 6.45) is 3.54. The molecule has 0 atom stereocenters.